The first-order valence-corrected chi connectivity index (χ1v) is 8.61. The van der Waals surface area contributed by atoms with Crippen molar-refractivity contribution in [2.24, 2.45) is 5.92 Å². The fraction of sp³-hybridized carbons (Fsp3) is 0.700. The zero-order valence-electron chi connectivity index (χ0n) is 13.9. The van der Waals surface area contributed by atoms with Gasteiger partial charge >= 0.3 is 0 Å². The highest BCUT2D eigenvalue weighted by Crippen LogP contribution is 2.38. The average molecular weight is 272 g/mol. The SMILES string of the molecule is CCCCC1CCC(c2ccc(C(C)(C)C)cc2)CC1. The van der Waals surface area contributed by atoms with Crippen molar-refractivity contribution in [3.63, 3.8) is 0 Å². The molecule has 1 aliphatic carbocycles. The van der Waals surface area contributed by atoms with Gasteiger partial charge in [-0.15, -0.1) is 0 Å². The van der Waals surface area contributed by atoms with Crippen molar-refractivity contribution in [3.05, 3.63) is 35.4 Å². The molecule has 0 heterocycles. The van der Waals surface area contributed by atoms with Crippen LogP contribution in [-0.4, -0.2) is 0 Å². The molecule has 0 saturated heterocycles. The summed E-state index contributed by atoms with van der Waals surface area (Å²) in [6.07, 6.45) is 9.96. The molecule has 1 aromatic rings. The van der Waals surface area contributed by atoms with Gasteiger partial charge in [-0.2, -0.15) is 0 Å². The third-order valence-corrected chi connectivity index (χ3v) is 5.06. The maximum Gasteiger partial charge on any atom is -0.0132 e. The smallest absolute Gasteiger partial charge is 0.0132 e. The maximum absolute atomic E-state index is 2.39. The standard InChI is InChI=1S/C20H32/c1-5-6-7-16-8-10-17(11-9-16)18-12-14-19(15-13-18)20(2,3)4/h12-17H,5-11H2,1-4H3. The van der Waals surface area contributed by atoms with Crippen LogP contribution in [0.4, 0.5) is 0 Å². The van der Waals surface area contributed by atoms with E-state index in [0.29, 0.717) is 0 Å². The van der Waals surface area contributed by atoms with Crippen LogP contribution < -0.4 is 0 Å². The normalized spacial score (nSPS) is 23.8. The third kappa shape index (κ3) is 4.11. The summed E-state index contributed by atoms with van der Waals surface area (Å²) >= 11 is 0. The molecule has 2 rings (SSSR count). The molecule has 0 aliphatic heterocycles. The summed E-state index contributed by atoms with van der Waals surface area (Å²) in [5, 5.41) is 0. The molecule has 112 valence electrons. The summed E-state index contributed by atoms with van der Waals surface area (Å²) in [7, 11) is 0. The van der Waals surface area contributed by atoms with Gasteiger partial charge < -0.3 is 0 Å². The van der Waals surface area contributed by atoms with Gasteiger partial charge in [-0.1, -0.05) is 71.2 Å². The van der Waals surface area contributed by atoms with E-state index in [0.717, 1.165) is 11.8 Å². The molecule has 0 radical (unpaired) electrons. The number of unbranched alkanes of at least 4 members (excludes halogenated alkanes) is 1. The van der Waals surface area contributed by atoms with E-state index in [1.165, 1.54) is 50.5 Å². The zero-order valence-corrected chi connectivity index (χ0v) is 13.9. The third-order valence-electron chi connectivity index (χ3n) is 5.06. The largest absolute Gasteiger partial charge is 0.0654 e. The van der Waals surface area contributed by atoms with Gasteiger partial charge in [0.15, 0.2) is 0 Å². The van der Waals surface area contributed by atoms with Gasteiger partial charge in [0.1, 0.15) is 0 Å². The minimum absolute atomic E-state index is 0.274. The van der Waals surface area contributed by atoms with E-state index >= 15 is 0 Å². The van der Waals surface area contributed by atoms with E-state index in [1.807, 2.05) is 0 Å². The van der Waals surface area contributed by atoms with Gasteiger partial charge in [0.2, 0.25) is 0 Å². The number of rotatable bonds is 4. The second-order valence-electron chi connectivity index (χ2n) is 7.73. The number of hydrogen-bond acceptors (Lipinski definition) is 0. The Morgan fingerprint density at radius 1 is 0.950 bits per heavy atom. The topological polar surface area (TPSA) is 0 Å². The second-order valence-corrected chi connectivity index (χ2v) is 7.73. The van der Waals surface area contributed by atoms with E-state index in [9.17, 15) is 0 Å². The Morgan fingerprint density at radius 2 is 1.55 bits per heavy atom. The molecule has 0 nitrogen and oxygen atoms in total. The molecule has 0 N–H and O–H groups in total. The first-order chi connectivity index (χ1) is 9.50. The summed E-state index contributed by atoms with van der Waals surface area (Å²) in [4.78, 5) is 0. The van der Waals surface area contributed by atoms with Gasteiger partial charge in [0.05, 0.1) is 0 Å². The Labute approximate surface area is 126 Å². The fourth-order valence-corrected chi connectivity index (χ4v) is 3.53. The van der Waals surface area contributed by atoms with E-state index in [4.69, 9.17) is 0 Å². The van der Waals surface area contributed by atoms with Crippen molar-refractivity contribution < 1.29 is 0 Å². The monoisotopic (exact) mass is 272 g/mol. The van der Waals surface area contributed by atoms with Crippen molar-refractivity contribution >= 4 is 0 Å². The highest BCUT2D eigenvalue weighted by molar-refractivity contribution is 5.29. The molecule has 0 unspecified atom stereocenters. The summed E-state index contributed by atoms with van der Waals surface area (Å²) in [6, 6.07) is 9.46. The maximum atomic E-state index is 2.39. The van der Waals surface area contributed by atoms with Crippen LogP contribution in [0.1, 0.15) is 89.7 Å². The van der Waals surface area contributed by atoms with E-state index in [-0.39, 0.29) is 5.41 Å². The van der Waals surface area contributed by atoms with Gasteiger partial charge in [0.25, 0.3) is 0 Å². The lowest BCUT2D eigenvalue weighted by Gasteiger charge is -2.29. The van der Waals surface area contributed by atoms with E-state index in [1.54, 1.807) is 5.56 Å². The average Bonchev–Trinajstić information content (AvgIpc) is 2.45. The fourth-order valence-electron chi connectivity index (χ4n) is 3.53. The molecular formula is C20H32. The Kier molecular flexibility index (Phi) is 5.29. The van der Waals surface area contributed by atoms with Crippen LogP contribution in [0.2, 0.25) is 0 Å². The Bertz CT molecular complexity index is 385. The molecule has 1 aliphatic rings. The second kappa shape index (κ2) is 6.78. The minimum atomic E-state index is 0.274. The zero-order chi connectivity index (χ0) is 14.6. The molecule has 1 fully saturated rings. The van der Waals surface area contributed by atoms with Crippen LogP contribution in [0.15, 0.2) is 24.3 Å². The molecule has 0 aromatic heterocycles. The molecule has 20 heavy (non-hydrogen) atoms. The lowest BCUT2D eigenvalue weighted by Crippen LogP contribution is -2.14. The first kappa shape index (κ1) is 15.6. The summed E-state index contributed by atoms with van der Waals surface area (Å²) in [5.41, 5.74) is 3.31. The minimum Gasteiger partial charge on any atom is -0.0654 e. The van der Waals surface area contributed by atoms with Crippen LogP contribution >= 0.6 is 0 Å². The molecule has 0 spiro atoms. The van der Waals surface area contributed by atoms with Crippen LogP contribution in [-0.2, 0) is 5.41 Å². The summed E-state index contributed by atoms with van der Waals surface area (Å²) < 4.78 is 0. The number of hydrogen-bond donors (Lipinski definition) is 0. The number of benzene rings is 1. The van der Waals surface area contributed by atoms with Gasteiger partial charge in [0, 0.05) is 0 Å². The Morgan fingerprint density at radius 3 is 2.05 bits per heavy atom. The van der Waals surface area contributed by atoms with Crippen LogP contribution in [0.25, 0.3) is 0 Å². The van der Waals surface area contributed by atoms with Gasteiger partial charge in [-0.25, -0.2) is 0 Å². The molecule has 0 heteroatoms. The predicted molar refractivity (Wildman–Crippen MR) is 89.4 cm³/mol. The first-order valence-electron chi connectivity index (χ1n) is 8.61. The quantitative estimate of drug-likeness (QED) is 0.591. The van der Waals surface area contributed by atoms with Gasteiger partial charge in [-0.3, -0.25) is 0 Å². The molecule has 1 saturated carbocycles. The Balaban J connectivity index is 1.90. The van der Waals surface area contributed by atoms with Crippen molar-refractivity contribution in [1.29, 1.82) is 0 Å². The highest BCUT2D eigenvalue weighted by Gasteiger charge is 2.22. The predicted octanol–water partition coefficient (Wildman–Crippen LogP) is 6.45. The molecule has 0 bridgehead atoms. The Hall–Kier alpha value is -0.780. The summed E-state index contributed by atoms with van der Waals surface area (Å²) in [5.74, 6) is 1.84. The van der Waals surface area contributed by atoms with Crippen molar-refractivity contribution in [3.8, 4) is 0 Å². The van der Waals surface area contributed by atoms with E-state index in [2.05, 4.69) is 52.0 Å². The highest BCUT2D eigenvalue weighted by atomic mass is 14.3. The lowest BCUT2D eigenvalue weighted by molar-refractivity contribution is 0.304. The van der Waals surface area contributed by atoms with Gasteiger partial charge in [-0.05, 0) is 54.1 Å². The van der Waals surface area contributed by atoms with Crippen molar-refractivity contribution in [1.82, 2.24) is 0 Å². The summed E-state index contributed by atoms with van der Waals surface area (Å²) in [6.45, 7) is 9.19. The van der Waals surface area contributed by atoms with Crippen LogP contribution in [0.3, 0.4) is 0 Å². The molecule has 0 atom stereocenters. The van der Waals surface area contributed by atoms with Crippen LogP contribution in [0, 0.1) is 5.92 Å². The van der Waals surface area contributed by atoms with Crippen LogP contribution in [0.5, 0.6) is 0 Å². The molecule has 0 amide bonds. The molecule has 1 aromatic carbocycles. The lowest BCUT2D eigenvalue weighted by atomic mass is 9.76. The van der Waals surface area contributed by atoms with Crippen molar-refractivity contribution in [2.75, 3.05) is 0 Å². The molecular weight excluding hydrogens is 240 g/mol. The van der Waals surface area contributed by atoms with E-state index < -0.39 is 0 Å². The van der Waals surface area contributed by atoms with Crippen molar-refractivity contribution in [2.45, 2.75) is 84.0 Å².